The smallest absolute Gasteiger partial charge is 0.122 e. The van der Waals surface area contributed by atoms with E-state index in [4.69, 9.17) is 10.00 Å². The van der Waals surface area contributed by atoms with Crippen LogP contribution in [0.4, 0.5) is 5.69 Å². The molecule has 1 rings (SSSR count). The van der Waals surface area contributed by atoms with Gasteiger partial charge in [0.25, 0.3) is 0 Å². The van der Waals surface area contributed by atoms with Gasteiger partial charge in [-0.3, -0.25) is 0 Å². The van der Waals surface area contributed by atoms with Crippen molar-refractivity contribution in [2.45, 2.75) is 33.6 Å². The molecule has 1 N–H and O–H groups in total. The van der Waals surface area contributed by atoms with Crippen LogP contribution in [0.25, 0.3) is 0 Å². The third-order valence-corrected chi connectivity index (χ3v) is 3.35. The van der Waals surface area contributed by atoms with Gasteiger partial charge >= 0.3 is 0 Å². The zero-order valence-corrected chi connectivity index (χ0v) is 12.5. The predicted molar refractivity (Wildman–Crippen MR) is 79.5 cm³/mol. The summed E-state index contributed by atoms with van der Waals surface area (Å²) in [5.41, 5.74) is 2.23. The molecule has 0 spiro atoms. The predicted octanol–water partition coefficient (Wildman–Crippen LogP) is 4.03. The lowest BCUT2D eigenvalue weighted by Crippen LogP contribution is -2.17. The maximum Gasteiger partial charge on any atom is 0.122 e. The molecule has 0 amide bonds. The molecule has 0 saturated carbocycles. The number of methoxy groups -OCH3 is 1. The minimum atomic E-state index is 0.0320. The maximum atomic E-state index is 9.09. The molecular weight excluding hydrogens is 236 g/mol. The summed E-state index contributed by atoms with van der Waals surface area (Å²) in [5, 5.41) is 12.4. The number of hydrogen-bond donors (Lipinski definition) is 1. The first-order valence-corrected chi connectivity index (χ1v) is 6.81. The number of nitrogens with one attached hydrogen (secondary N) is 1. The number of ether oxygens (including phenoxy) is 1. The monoisotopic (exact) mass is 260 g/mol. The number of hydrogen-bond acceptors (Lipinski definition) is 3. The van der Waals surface area contributed by atoms with E-state index in [2.05, 4.69) is 45.1 Å². The summed E-state index contributed by atoms with van der Waals surface area (Å²) in [7, 11) is 1.69. The first-order valence-electron chi connectivity index (χ1n) is 6.81. The van der Waals surface area contributed by atoms with Crippen molar-refractivity contribution < 1.29 is 4.74 Å². The van der Waals surface area contributed by atoms with Crippen LogP contribution in [0.3, 0.4) is 0 Å². The molecule has 1 aromatic carbocycles. The van der Waals surface area contributed by atoms with Crippen molar-refractivity contribution >= 4 is 5.69 Å². The van der Waals surface area contributed by atoms with Crippen LogP contribution in [0.2, 0.25) is 0 Å². The molecule has 0 aromatic heterocycles. The van der Waals surface area contributed by atoms with Gasteiger partial charge in [0.2, 0.25) is 0 Å². The van der Waals surface area contributed by atoms with Crippen LogP contribution in [0.15, 0.2) is 18.2 Å². The zero-order valence-electron chi connectivity index (χ0n) is 12.5. The molecule has 19 heavy (non-hydrogen) atoms. The molecule has 3 heteroatoms. The second-order valence-corrected chi connectivity index (χ2v) is 5.47. The number of benzene rings is 1. The van der Waals surface area contributed by atoms with Gasteiger partial charge in [-0.15, -0.1) is 0 Å². The molecule has 0 radical (unpaired) electrons. The Bertz CT molecular complexity index is 447. The third-order valence-electron chi connectivity index (χ3n) is 3.35. The fraction of sp³-hybridized carbons (Fsp3) is 0.562. The first-order chi connectivity index (χ1) is 8.99. The van der Waals surface area contributed by atoms with Crippen molar-refractivity contribution in [1.82, 2.24) is 0 Å². The molecule has 0 heterocycles. The second-order valence-electron chi connectivity index (χ2n) is 5.47. The van der Waals surface area contributed by atoms with Crippen molar-refractivity contribution in [3.8, 4) is 11.8 Å². The van der Waals surface area contributed by atoms with Crippen LogP contribution in [0, 0.1) is 23.2 Å². The summed E-state index contributed by atoms with van der Waals surface area (Å²) in [5.74, 6) is 1.72. The van der Waals surface area contributed by atoms with Crippen molar-refractivity contribution in [2.75, 3.05) is 19.0 Å². The van der Waals surface area contributed by atoms with Gasteiger partial charge in [0.15, 0.2) is 0 Å². The van der Waals surface area contributed by atoms with E-state index < -0.39 is 0 Å². The van der Waals surface area contributed by atoms with Gasteiger partial charge in [0, 0.05) is 12.2 Å². The van der Waals surface area contributed by atoms with Crippen LogP contribution in [-0.4, -0.2) is 13.7 Å². The Morgan fingerprint density at radius 1 is 1.26 bits per heavy atom. The summed E-state index contributed by atoms with van der Waals surface area (Å²) in [4.78, 5) is 0. The Morgan fingerprint density at radius 2 is 1.95 bits per heavy atom. The van der Waals surface area contributed by atoms with Crippen LogP contribution in [0.1, 0.15) is 39.2 Å². The van der Waals surface area contributed by atoms with Gasteiger partial charge in [0.1, 0.15) is 5.75 Å². The highest BCUT2D eigenvalue weighted by atomic mass is 16.5. The number of nitrogens with zero attached hydrogens (tertiary/aromatic N) is 1. The summed E-state index contributed by atoms with van der Waals surface area (Å²) in [6.07, 6.45) is 0. The lowest BCUT2D eigenvalue weighted by Gasteiger charge is -2.17. The van der Waals surface area contributed by atoms with Gasteiger partial charge in [-0.2, -0.15) is 5.26 Å². The molecule has 1 unspecified atom stereocenters. The van der Waals surface area contributed by atoms with E-state index in [0.29, 0.717) is 18.4 Å². The molecule has 0 fully saturated rings. The SMILES string of the molecule is COc1ccc(NCC(C#N)C(C)C)cc1C(C)C. The molecular formula is C16H24N2O. The number of rotatable bonds is 6. The van der Waals surface area contributed by atoms with Crippen molar-refractivity contribution in [3.63, 3.8) is 0 Å². The number of anilines is 1. The van der Waals surface area contributed by atoms with Gasteiger partial charge in [-0.1, -0.05) is 27.7 Å². The summed E-state index contributed by atoms with van der Waals surface area (Å²) < 4.78 is 5.37. The van der Waals surface area contributed by atoms with E-state index in [1.165, 1.54) is 5.56 Å². The van der Waals surface area contributed by atoms with Crippen molar-refractivity contribution in [2.24, 2.45) is 11.8 Å². The van der Waals surface area contributed by atoms with Crippen molar-refractivity contribution in [1.29, 1.82) is 5.26 Å². The average molecular weight is 260 g/mol. The maximum absolute atomic E-state index is 9.09. The third kappa shape index (κ3) is 4.17. The lowest BCUT2D eigenvalue weighted by molar-refractivity contribution is 0.407. The van der Waals surface area contributed by atoms with E-state index in [9.17, 15) is 0 Å². The Labute approximate surface area is 116 Å². The minimum absolute atomic E-state index is 0.0320. The second kappa shape index (κ2) is 7.04. The highest BCUT2D eigenvalue weighted by Gasteiger charge is 2.13. The topological polar surface area (TPSA) is 45.0 Å². The molecule has 3 nitrogen and oxygen atoms in total. The molecule has 0 aliphatic heterocycles. The van der Waals surface area contributed by atoms with E-state index in [1.807, 2.05) is 12.1 Å². The normalized spacial score (nSPS) is 12.3. The Kier molecular flexibility index (Phi) is 5.69. The Hall–Kier alpha value is -1.69. The van der Waals surface area contributed by atoms with E-state index in [1.54, 1.807) is 7.11 Å². The summed E-state index contributed by atoms with van der Waals surface area (Å²) >= 11 is 0. The quantitative estimate of drug-likeness (QED) is 0.840. The molecule has 0 saturated heterocycles. The van der Waals surface area contributed by atoms with Crippen LogP contribution in [-0.2, 0) is 0 Å². The summed E-state index contributed by atoms with van der Waals surface area (Å²) in [6.45, 7) is 9.12. The average Bonchev–Trinajstić information content (AvgIpc) is 2.38. The number of nitriles is 1. The van der Waals surface area contributed by atoms with Crippen molar-refractivity contribution in [3.05, 3.63) is 23.8 Å². The molecule has 0 aliphatic rings. The van der Waals surface area contributed by atoms with Gasteiger partial charge < -0.3 is 10.1 Å². The molecule has 1 atom stereocenters. The largest absolute Gasteiger partial charge is 0.496 e. The molecule has 0 bridgehead atoms. The van der Waals surface area contributed by atoms with Gasteiger partial charge in [-0.25, -0.2) is 0 Å². The van der Waals surface area contributed by atoms with Gasteiger partial charge in [-0.05, 0) is 35.6 Å². The molecule has 104 valence electrons. The fourth-order valence-electron chi connectivity index (χ4n) is 1.95. The molecule has 0 aliphatic carbocycles. The zero-order chi connectivity index (χ0) is 14.4. The van der Waals surface area contributed by atoms with E-state index >= 15 is 0 Å². The first kappa shape index (κ1) is 15.4. The highest BCUT2D eigenvalue weighted by Crippen LogP contribution is 2.29. The van der Waals surface area contributed by atoms with E-state index in [0.717, 1.165) is 11.4 Å². The fourth-order valence-corrected chi connectivity index (χ4v) is 1.95. The van der Waals surface area contributed by atoms with Crippen LogP contribution < -0.4 is 10.1 Å². The van der Waals surface area contributed by atoms with Crippen LogP contribution in [0.5, 0.6) is 5.75 Å². The Morgan fingerprint density at radius 3 is 2.42 bits per heavy atom. The minimum Gasteiger partial charge on any atom is -0.496 e. The standard InChI is InChI=1S/C16H24N2O/c1-11(2)13(9-17)10-18-14-6-7-16(19-5)15(8-14)12(3)4/h6-8,11-13,18H,10H2,1-5H3. The lowest BCUT2D eigenvalue weighted by atomic mass is 9.97. The highest BCUT2D eigenvalue weighted by molar-refractivity contribution is 5.52. The summed E-state index contributed by atoms with van der Waals surface area (Å²) in [6, 6.07) is 8.43. The van der Waals surface area contributed by atoms with E-state index in [-0.39, 0.29) is 5.92 Å². The van der Waals surface area contributed by atoms with Gasteiger partial charge in [0.05, 0.1) is 19.1 Å². The Balaban J connectivity index is 2.80. The van der Waals surface area contributed by atoms with Crippen LogP contribution >= 0.6 is 0 Å². The molecule has 1 aromatic rings.